The average molecular weight is 263 g/mol. The summed E-state index contributed by atoms with van der Waals surface area (Å²) in [6, 6.07) is 2.20. The standard InChI is InChI=1S/C14H17NO4/c1-10(8-12(17)18)4-5-13(3,19-11(2)16)14(9-15)6-7-14/h4-5,8H,6-7H2,1-3H3,(H,17,18)/b5-4+,10-8-/t13-/m1/s1. The van der Waals surface area contributed by atoms with Crippen molar-refractivity contribution in [1.82, 2.24) is 0 Å². The smallest absolute Gasteiger partial charge is 0.328 e. The molecule has 0 amide bonds. The molecule has 1 atom stereocenters. The van der Waals surface area contributed by atoms with E-state index in [0.717, 1.165) is 6.08 Å². The van der Waals surface area contributed by atoms with Crippen molar-refractivity contribution in [3.05, 3.63) is 23.8 Å². The van der Waals surface area contributed by atoms with Crippen LogP contribution in [0.15, 0.2) is 23.8 Å². The number of esters is 1. The normalized spacial score (nSPS) is 20.4. The minimum atomic E-state index is -1.04. The van der Waals surface area contributed by atoms with Crippen molar-refractivity contribution in [2.45, 2.75) is 39.2 Å². The maximum Gasteiger partial charge on any atom is 0.328 e. The monoisotopic (exact) mass is 263 g/mol. The van der Waals surface area contributed by atoms with Crippen LogP contribution in [0.3, 0.4) is 0 Å². The fraction of sp³-hybridized carbons (Fsp3) is 0.500. The number of hydrogen-bond donors (Lipinski definition) is 1. The van der Waals surface area contributed by atoms with E-state index >= 15 is 0 Å². The molecule has 0 saturated heterocycles. The number of allylic oxidation sites excluding steroid dienone is 2. The zero-order valence-electron chi connectivity index (χ0n) is 11.3. The topological polar surface area (TPSA) is 87.4 Å². The lowest BCUT2D eigenvalue weighted by molar-refractivity contribution is -0.154. The molecule has 0 spiro atoms. The summed E-state index contributed by atoms with van der Waals surface area (Å²) in [7, 11) is 0. The number of nitriles is 1. The predicted octanol–water partition coefficient (Wildman–Crippen LogP) is 2.20. The van der Waals surface area contributed by atoms with E-state index in [1.54, 1.807) is 26.0 Å². The third-order valence-corrected chi connectivity index (χ3v) is 3.29. The van der Waals surface area contributed by atoms with E-state index in [9.17, 15) is 14.9 Å². The zero-order valence-corrected chi connectivity index (χ0v) is 11.3. The maximum atomic E-state index is 11.2. The van der Waals surface area contributed by atoms with Gasteiger partial charge in [-0.3, -0.25) is 4.79 Å². The Morgan fingerprint density at radius 1 is 1.42 bits per heavy atom. The molecule has 0 bridgehead atoms. The summed E-state index contributed by atoms with van der Waals surface area (Å²) >= 11 is 0. The molecular formula is C14H17NO4. The number of rotatable bonds is 5. The first-order chi connectivity index (χ1) is 8.74. The number of carbonyl (C=O) groups excluding carboxylic acids is 1. The summed E-state index contributed by atoms with van der Waals surface area (Å²) in [6.07, 6.45) is 5.54. The molecule has 0 aromatic heterocycles. The zero-order chi connectivity index (χ0) is 14.7. The summed E-state index contributed by atoms with van der Waals surface area (Å²) in [4.78, 5) is 21.7. The van der Waals surface area contributed by atoms with Gasteiger partial charge in [-0.2, -0.15) is 5.26 Å². The van der Waals surface area contributed by atoms with Crippen molar-refractivity contribution in [2.24, 2.45) is 5.41 Å². The molecule has 1 N–H and O–H groups in total. The third kappa shape index (κ3) is 3.44. The number of ether oxygens (including phenoxy) is 1. The molecule has 0 heterocycles. The molecule has 5 heteroatoms. The first-order valence-corrected chi connectivity index (χ1v) is 5.96. The summed E-state index contributed by atoms with van der Waals surface area (Å²) in [5, 5.41) is 17.9. The molecule has 0 aliphatic heterocycles. The molecule has 1 saturated carbocycles. The fourth-order valence-corrected chi connectivity index (χ4v) is 1.97. The number of hydrogen-bond acceptors (Lipinski definition) is 4. The molecule has 1 aliphatic carbocycles. The second-order valence-corrected chi connectivity index (χ2v) is 4.95. The Morgan fingerprint density at radius 3 is 2.37 bits per heavy atom. The van der Waals surface area contributed by atoms with Crippen molar-refractivity contribution in [1.29, 1.82) is 5.26 Å². The Kier molecular flexibility index (Phi) is 4.15. The number of carboxylic acid groups (broad SMARTS) is 1. The molecular weight excluding hydrogens is 246 g/mol. The van der Waals surface area contributed by atoms with Gasteiger partial charge in [0.05, 0.1) is 6.07 Å². The number of carbonyl (C=O) groups is 2. The van der Waals surface area contributed by atoms with Crippen LogP contribution >= 0.6 is 0 Å². The Labute approximate surface area is 112 Å². The van der Waals surface area contributed by atoms with Crippen LogP contribution in [-0.4, -0.2) is 22.6 Å². The van der Waals surface area contributed by atoms with Gasteiger partial charge in [-0.25, -0.2) is 4.79 Å². The third-order valence-electron chi connectivity index (χ3n) is 3.29. The van der Waals surface area contributed by atoms with Gasteiger partial charge in [0, 0.05) is 13.0 Å². The van der Waals surface area contributed by atoms with E-state index in [1.165, 1.54) is 6.92 Å². The van der Waals surface area contributed by atoms with Gasteiger partial charge < -0.3 is 9.84 Å². The SMILES string of the molecule is CC(=O)O[C@](C)(/C=C/C(C)=C\C(=O)O)C1(C#N)CC1. The maximum absolute atomic E-state index is 11.2. The fourth-order valence-electron chi connectivity index (χ4n) is 1.97. The Morgan fingerprint density at radius 2 is 2.00 bits per heavy atom. The minimum Gasteiger partial charge on any atom is -0.478 e. The average Bonchev–Trinajstić information content (AvgIpc) is 3.05. The first kappa shape index (κ1) is 15.0. The molecule has 1 aliphatic rings. The van der Waals surface area contributed by atoms with Gasteiger partial charge in [-0.15, -0.1) is 0 Å². The van der Waals surface area contributed by atoms with E-state index in [2.05, 4.69) is 6.07 Å². The molecule has 0 unspecified atom stereocenters. The molecule has 1 rings (SSSR count). The first-order valence-electron chi connectivity index (χ1n) is 5.96. The summed E-state index contributed by atoms with van der Waals surface area (Å²) in [5.41, 5.74) is -1.21. The van der Waals surface area contributed by atoms with E-state index in [-0.39, 0.29) is 0 Å². The van der Waals surface area contributed by atoms with Crippen molar-refractivity contribution >= 4 is 11.9 Å². The van der Waals surface area contributed by atoms with Crippen LogP contribution in [0, 0.1) is 16.7 Å². The predicted molar refractivity (Wildman–Crippen MR) is 68.0 cm³/mol. The van der Waals surface area contributed by atoms with Gasteiger partial charge in [0.2, 0.25) is 0 Å². The Bertz CT molecular complexity index is 494. The molecule has 1 fully saturated rings. The Balaban J connectivity index is 3.01. The molecule has 0 aromatic carbocycles. The van der Waals surface area contributed by atoms with Gasteiger partial charge in [-0.05, 0) is 38.3 Å². The lowest BCUT2D eigenvalue weighted by atomic mass is 9.86. The second kappa shape index (κ2) is 5.27. The van der Waals surface area contributed by atoms with Gasteiger partial charge >= 0.3 is 11.9 Å². The molecule has 102 valence electrons. The van der Waals surface area contributed by atoms with Crippen molar-refractivity contribution in [3.8, 4) is 6.07 Å². The molecule has 19 heavy (non-hydrogen) atoms. The van der Waals surface area contributed by atoms with Crippen molar-refractivity contribution in [2.75, 3.05) is 0 Å². The molecule has 5 nitrogen and oxygen atoms in total. The van der Waals surface area contributed by atoms with Crippen molar-refractivity contribution in [3.63, 3.8) is 0 Å². The number of aliphatic carboxylic acids is 1. The highest BCUT2D eigenvalue weighted by molar-refractivity contribution is 5.81. The lowest BCUT2D eigenvalue weighted by Crippen LogP contribution is -2.38. The number of carboxylic acids is 1. The summed E-state index contributed by atoms with van der Waals surface area (Å²) < 4.78 is 5.29. The van der Waals surface area contributed by atoms with Gasteiger partial charge in [0.1, 0.15) is 11.0 Å². The largest absolute Gasteiger partial charge is 0.478 e. The van der Waals surface area contributed by atoms with Crippen LogP contribution in [0.25, 0.3) is 0 Å². The minimum absolute atomic E-state index is 0.464. The molecule has 0 radical (unpaired) electrons. The van der Waals surface area contributed by atoms with Crippen LogP contribution in [0.5, 0.6) is 0 Å². The summed E-state index contributed by atoms with van der Waals surface area (Å²) in [6.45, 7) is 4.60. The van der Waals surface area contributed by atoms with E-state index in [0.29, 0.717) is 18.4 Å². The second-order valence-electron chi connectivity index (χ2n) is 4.95. The highest BCUT2D eigenvalue weighted by atomic mass is 16.6. The molecule has 0 aromatic rings. The van der Waals surface area contributed by atoms with E-state index < -0.39 is 23.0 Å². The van der Waals surface area contributed by atoms with Crippen LogP contribution in [0.4, 0.5) is 0 Å². The van der Waals surface area contributed by atoms with Crippen LogP contribution in [0.2, 0.25) is 0 Å². The van der Waals surface area contributed by atoms with Crippen molar-refractivity contribution < 1.29 is 19.4 Å². The Hall–Kier alpha value is -2.09. The quantitative estimate of drug-likeness (QED) is 0.466. The number of nitrogens with zero attached hydrogens (tertiary/aromatic N) is 1. The van der Waals surface area contributed by atoms with Crippen LogP contribution < -0.4 is 0 Å². The van der Waals surface area contributed by atoms with Crippen LogP contribution in [0.1, 0.15) is 33.6 Å². The van der Waals surface area contributed by atoms with Gasteiger partial charge in [0.15, 0.2) is 0 Å². The highest BCUT2D eigenvalue weighted by Crippen LogP contribution is 2.55. The van der Waals surface area contributed by atoms with E-state index in [4.69, 9.17) is 9.84 Å². The van der Waals surface area contributed by atoms with E-state index in [1.807, 2.05) is 0 Å². The lowest BCUT2D eigenvalue weighted by Gasteiger charge is -2.30. The summed E-state index contributed by atoms with van der Waals surface area (Å²) in [5.74, 6) is -1.51. The highest BCUT2D eigenvalue weighted by Gasteiger charge is 2.59. The van der Waals surface area contributed by atoms with Crippen LogP contribution in [-0.2, 0) is 14.3 Å². The van der Waals surface area contributed by atoms with Gasteiger partial charge in [0.25, 0.3) is 0 Å². The van der Waals surface area contributed by atoms with Gasteiger partial charge in [-0.1, -0.05) is 6.08 Å².